The topological polar surface area (TPSA) is 50.4 Å². The summed E-state index contributed by atoms with van der Waals surface area (Å²) in [6.07, 6.45) is 0. The molecule has 0 saturated carbocycles. The lowest BCUT2D eigenvalue weighted by Gasteiger charge is -2.20. The smallest absolute Gasteiger partial charge is 0.238 e. The molecular formula is C22H20Cl2N2O2. The van der Waals surface area contributed by atoms with Gasteiger partial charge in [0.25, 0.3) is 0 Å². The molecule has 144 valence electrons. The van der Waals surface area contributed by atoms with E-state index in [0.29, 0.717) is 21.5 Å². The molecule has 4 nitrogen and oxygen atoms in total. The van der Waals surface area contributed by atoms with E-state index in [-0.39, 0.29) is 18.5 Å². The van der Waals surface area contributed by atoms with Crippen molar-refractivity contribution in [1.82, 2.24) is 5.32 Å². The van der Waals surface area contributed by atoms with Gasteiger partial charge < -0.3 is 10.1 Å². The number of benzene rings is 3. The molecule has 0 aliphatic carbocycles. The van der Waals surface area contributed by atoms with Crippen molar-refractivity contribution in [3.05, 3.63) is 94.0 Å². The minimum absolute atomic E-state index is 0.0990. The number of hydrogen-bond donors (Lipinski definition) is 2. The van der Waals surface area contributed by atoms with Gasteiger partial charge in [-0.05, 0) is 41.5 Å². The third kappa shape index (κ3) is 5.26. The van der Waals surface area contributed by atoms with E-state index < -0.39 is 0 Å². The maximum Gasteiger partial charge on any atom is 0.238 e. The highest BCUT2D eigenvalue weighted by Crippen LogP contribution is 2.28. The highest BCUT2D eigenvalue weighted by atomic mass is 35.5. The second kappa shape index (κ2) is 9.60. The van der Waals surface area contributed by atoms with Gasteiger partial charge in [-0.3, -0.25) is 10.1 Å². The molecule has 0 bridgehead atoms. The molecule has 2 N–H and O–H groups in total. The first kappa shape index (κ1) is 20.2. The minimum Gasteiger partial charge on any atom is -0.495 e. The fourth-order valence-corrected chi connectivity index (χ4v) is 3.30. The molecule has 0 aliphatic rings. The first-order chi connectivity index (χ1) is 13.6. The van der Waals surface area contributed by atoms with Gasteiger partial charge in [0.2, 0.25) is 5.91 Å². The van der Waals surface area contributed by atoms with Crippen molar-refractivity contribution in [1.29, 1.82) is 0 Å². The van der Waals surface area contributed by atoms with Crippen LogP contribution >= 0.6 is 23.2 Å². The Hall–Kier alpha value is -2.53. The van der Waals surface area contributed by atoms with Crippen LogP contribution in [0.3, 0.4) is 0 Å². The van der Waals surface area contributed by atoms with E-state index in [9.17, 15) is 4.79 Å². The monoisotopic (exact) mass is 414 g/mol. The Bertz CT molecular complexity index is 948. The van der Waals surface area contributed by atoms with Crippen LogP contribution < -0.4 is 15.4 Å². The molecule has 3 aromatic carbocycles. The van der Waals surface area contributed by atoms with Gasteiger partial charge in [-0.15, -0.1) is 0 Å². The average molecular weight is 415 g/mol. The summed E-state index contributed by atoms with van der Waals surface area (Å²) >= 11 is 12.2. The number of nitrogens with one attached hydrogen (secondary N) is 2. The van der Waals surface area contributed by atoms with Gasteiger partial charge >= 0.3 is 0 Å². The molecular weight excluding hydrogens is 395 g/mol. The number of halogens is 2. The maximum atomic E-state index is 12.5. The Kier molecular flexibility index (Phi) is 6.93. The quantitative estimate of drug-likeness (QED) is 0.549. The molecule has 1 atom stereocenters. The number of carbonyl (C=O) groups excluding carboxylic acids is 1. The standard InChI is InChI=1S/C22H20Cl2N2O2/c1-28-20-11-10-18(24)13-19(20)26-21(27)14-25-22(15-6-3-2-4-7-15)16-8-5-9-17(23)12-16/h2-13,22,25H,14H2,1H3,(H,26,27). The van der Waals surface area contributed by atoms with E-state index in [1.54, 1.807) is 25.3 Å². The predicted molar refractivity (Wildman–Crippen MR) is 114 cm³/mol. The molecule has 0 heterocycles. The Morgan fingerprint density at radius 1 is 0.929 bits per heavy atom. The highest BCUT2D eigenvalue weighted by molar-refractivity contribution is 6.31. The number of ether oxygens (including phenoxy) is 1. The van der Waals surface area contributed by atoms with Crippen LogP contribution in [-0.2, 0) is 4.79 Å². The van der Waals surface area contributed by atoms with Crippen molar-refractivity contribution in [2.24, 2.45) is 0 Å². The van der Waals surface area contributed by atoms with E-state index in [1.807, 2.05) is 54.6 Å². The summed E-state index contributed by atoms with van der Waals surface area (Å²) in [6, 6.07) is 22.4. The third-order valence-electron chi connectivity index (χ3n) is 4.22. The molecule has 0 aromatic heterocycles. The number of carbonyl (C=O) groups is 1. The number of hydrogen-bond acceptors (Lipinski definition) is 3. The van der Waals surface area contributed by atoms with Gasteiger partial charge in [0, 0.05) is 10.0 Å². The van der Waals surface area contributed by atoms with Crippen LogP contribution in [0.4, 0.5) is 5.69 Å². The van der Waals surface area contributed by atoms with Crippen molar-refractivity contribution in [3.63, 3.8) is 0 Å². The lowest BCUT2D eigenvalue weighted by atomic mass is 9.99. The zero-order chi connectivity index (χ0) is 19.9. The van der Waals surface area contributed by atoms with Crippen molar-refractivity contribution in [2.75, 3.05) is 19.0 Å². The van der Waals surface area contributed by atoms with Crippen molar-refractivity contribution < 1.29 is 9.53 Å². The third-order valence-corrected chi connectivity index (χ3v) is 4.69. The summed E-state index contributed by atoms with van der Waals surface area (Å²) < 4.78 is 5.27. The highest BCUT2D eigenvalue weighted by Gasteiger charge is 2.16. The van der Waals surface area contributed by atoms with Crippen molar-refractivity contribution in [3.8, 4) is 5.75 Å². The van der Waals surface area contributed by atoms with Gasteiger partial charge in [-0.1, -0.05) is 65.7 Å². The van der Waals surface area contributed by atoms with E-state index in [2.05, 4.69) is 10.6 Å². The summed E-state index contributed by atoms with van der Waals surface area (Å²) in [7, 11) is 1.54. The first-order valence-corrected chi connectivity index (χ1v) is 9.49. The molecule has 0 radical (unpaired) electrons. The van der Waals surface area contributed by atoms with Crippen LogP contribution in [0.15, 0.2) is 72.8 Å². The molecule has 0 aliphatic heterocycles. The van der Waals surface area contributed by atoms with Gasteiger partial charge in [0.1, 0.15) is 5.75 Å². The summed E-state index contributed by atoms with van der Waals surface area (Å²) in [6.45, 7) is 0.0990. The fraction of sp³-hybridized carbons (Fsp3) is 0.136. The molecule has 1 amide bonds. The van der Waals surface area contributed by atoms with Crippen LogP contribution in [0.2, 0.25) is 10.0 Å². The lowest BCUT2D eigenvalue weighted by Crippen LogP contribution is -2.32. The lowest BCUT2D eigenvalue weighted by molar-refractivity contribution is -0.115. The molecule has 3 rings (SSSR count). The maximum absolute atomic E-state index is 12.5. The number of anilines is 1. The Balaban J connectivity index is 1.75. The number of rotatable bonds is 7. The fourth-order valence-electron chi connectivity index (χ4n) is 2.93. The number of amides is 1. The van der Waals surface area contributed by atoms with Crippen LogP contribution in [0, 0.1) is 0 Å². The van der Waals surface area contributed by atoms with E-state index in [0.717, 1.165) is 11.1 Å². The minimum atomic E-state index is -0.205. The zero-order valence-electron chi connectivity index (χ0n) is 15.3. The molecule has 0 fully saturated rings. The second-order valence-corrected chi connectivity index (χ2v) is 7.05. The van der Waals surface area contributed by atoms with Crippen LogP contribution in [-0.4, -0.2) is 19.6 Å². The average Bonchev–Trinajstić information content (AvgIpc) is 2.69. The molecule has 0 spiro atoms. The summed E-state index contributed by atoms with van der Waals surface area (Å²) in [5, 5.41) is 7.31. The second-order valence-electron chi connectivity index (χ2n) is 6.17. The predicted octanol–water partition coefficient (Wildman–Crippen LogP) is 5.32. The van der Waals surface area contributed by atoms with E-state index in [1.165, 1.54) is 0 Å². The van der Waals surface area contributed by atoms with Gasteiger partial charge in [-0.25, -0.2) is 0 Å². The van der Waals surface area contributed by atoms with Crippen LogP contribution in [0.25, 0.3) is 0 Å². The van der Waals surface area contributed by atoms with E-state index in [4.69, 9.17) is 27.9 Å². The summed E-state index contributed by atoms with van der Waals surface area (Å²) in [5.41, 5.74) is 2.55. The van der Waals surface area contributed by atoms with Crippen molar-refractivity contribution >= 4 is 34.8 Å². The van der Waals surface area contributed by atoms with Crippen LogP contribution in [0.5, 0.6) is 5.75 Å². The van der Waals surface area contributed by atoms with Crippen molar-refractivity contribution in [2.45, 2.75) is 6.04 Å². The largest absolute Gasteiger partial charge is 0.495 e. The molecule has 28 heavy (non-hydrogen) atoms. The Labute approximate surface area is 174 Å². The zero-order valence-corrected chi connectivity index (χ0v) is 16.8. The van der Waals surface area contributed by atoms with E-state index >= 15 is 0 Å². The molecule has 0 saturated heterocycles. The van der Waals surface area contributed by atoms with Gasteiger partial charge in [0.05, 0.1) is 25.4 Å². The first-order valence-electron chi connectivity index (χ1n) is 8.74. The summed E-state index contributed by atoms with van der Waals surface area (Å²) in [4.78, 5) is 12.5. The number of methoxy groups -OCH3 is 1. The van der Waals surface area contributed by atoms with Gasteiger partial charge in [-0.2, -0.15) is 0 Å². The summed E-state index contributed by atoms with van der Waals surface area (Å²) in [5.74, 6) is 0.343. The van der Waals surface area contributed by atoms with Crippen LogP contribution in [0.1, 0.15) is 17.2 Å². The molecule has 6 heteroatoms. The van der Waals surface area contributed by atoms with Gasteiger partial charge in [0.15, 0.2) is 0 Å². The normalized spacial score (nSPS) is 11.7. The SMILES string of the molecule is COc1ccc(Cl)cc1NC(=O)CNC(c1ccccc1)c1cccc(Cl)c1. The molecule has 3 aromatic rings. The Morgan fingerprint density at radius 3 is 2.36 bits per heavy atom. The molecule has 1 unspecified atom stereocenters. The Morgan fingerprint density at radius 2 is 1.64 bits per heavy atom.